The Hall–Kier alpha value is -4.07. The Morgan fingerprint density at radius 2 is 1.82 bits per heavy atom. The van der Waals surface area contributed by atoms with E-state index in [2.05, 4.69) is 15.4 Å². The third-order valence-electron chi connectivity index (χ3n) is 5.45. The van der Waals surface area contributed by atoms with E-state index in [9.17, 15) is 4.79 Å². The highest BCUT2D eigenvalue weighted by Gasteiger charge is 2.14. The van der Waals surface area contributed by atoms with E-state index in [1.165, 1.54) is 0 Å². The predicted octanol–water partition coefficient (Wildman–Crippen LogP) is 4.27. The molecule has 8 nitrogen and oxygen atoms in total. The molecule has 2 aromatic carbocycles. The molecular formula is C26H30N6O2. The van der Waals surface area contributed by atoms with Crippen molar-refractivity contribution in [2.75, 3.05) is 13.2 Å². The fourth-order valence-corrected chi connectivity index (χ4v) is 3.67. The van der Waals surface area contributed by atoms with E-state index in [1.54, 1.807) is 23.4 Å². The van der Waals surface area contributed by atoms with E-state index in [0.717, 1.165) is 35.5 Å². The van der Waals surface area contributed by atoms with Crippen molar-refractivity contribution in [1.29, 1.82) is 0 Å². The van der Waals surface area contributed by atoms with Crippen LogP contribution < -0.4 is 10.1 Å². The molecule has 0 bridgehead atoms. The van der Waals surface area contributed by atoms with Gasteiger partial charge in [0, 0.05) is 51.0 Å². The molecule has 0 saturated carbocycles. The Morgan fingerprint density at radius 3 is 2.50 bits per heavy atom. The van der Waals surface area contributed by atoms with E-state index in [4.69, 9.17) is 4.74 Å². The third kappa shape index (κ3) is 6.48. The predicted molar refractivity (Wildman–Crippen MR) is 131 cm³/mol. The lowest BCUT2D eigenvalue weighted by atomic mass is 10.2. The van der Waals surface area contributed by atoms with Gasteiger partial charge in [0.05, 0.1) is 18.6 Å². The number of nitrogens with zero attached hydrogens (tertiary/aromatic N) is 5. The topological polar surface area (TPSA) is 77.2 Å². The Balaban J connectivity index is 1.36. The summed E-state index contributed by atoms with van der Waals surface area (Å²) in [5, 5.41) is 7.31. The van der Waals surface area contributed by atoms with Crippen LogP contribution in [0.3, 0.4) is 0 Å². The number of aryl methyl sites for hydroxylation is 1. The van der Waals surface area contributed by atoms with Gasteiger partial charge in [0.2, 0.25) is 0 Å². The van der Waals surface area contributed by atoms with Crippen molar-refractivity contribution in [2.24, 2.45) is 0 Å². The van der Waals surface area contributed by atoms with E-state index in [0.29, 0.717) is 26.2 Å². The molecule has 2 aromatic heterocycles. The zero-order valence-electron chi connectivity index (χ0n) is 19.4. The van der Waals surface area contributed by atoms with Gasteiger partial charge < -0.3 is 19.5 Å². The summed E-state index contributed by atoms with van der Waals surface area (Å²) in [7, 11) is 0. The van der Waals surface area contributed by atoms with Gasteiger partial charge in [0.15, 0.2) is 0 Å². The lowest BCUT2D eigenvalue weighted by Crippen LogP contribution is -2.40. The monoisotopic (exact) mass is 458 g/mol. The van der Waals surface area contributed by atoms with Crippen molar-refractivity contribution in [3.63, 3.8) is 0 Å². The molecule has 0 saturated heterocycles. The Kier molecular flexibility index (Phi) is 7.95. The van der Waals surface area contributed by atoms with Gasteiger partial charge in [-0.25, -0.2) is 14.5 Å². The van der Waals surface area contributed by atoms with Gasteiger partial charge >= 0.3 is 6.03 Å². The van der Waals surface area contributed by atoms with Gasteiger partial charge in [-0.05, 0) is 54.8 Å². The van der Waals surface area contributed by atoms with Gasteiger partial charge in [-0.3, -0.25) is 0 Å². The molecule has 4 aromatic rings. The normalized spacial score (nSPS) is 10.7. The van der Waals surface area contributed by atoms with Crippen LogP contribution in [-0.4, -0.2) is 43.4 Å². The van der Waals surface area contributed by atoms with Crippen LogP contribution in [-0.2, 0) is 19.6 Å². The zero-order chi connectivity index (χ0) is 23.6. The number of ether oxygens (including phenoxy) is 1. The highest BCUT2D eigenvalue weighted by atomic mass is 16.5. The molecular weight excluding hydrogens is 428 g/mol. The van der Waals surface area contributed by atoms with Crippen molar-refractivity contribution in [1.82, 2.24) is 29.5 Å². The van der Waals surface area contributed by atoms with E-state index in [1.807, 2.05) is 83.4 Å². The van der Waals surface area contributed by atoms with Crippen LogP contribution in [0.15, 0.2) is 85.7 Å². The number of amides is 2. The summed E-state index contributed by atoms with van der Waals surface area (Å²) in [6, 6.07) is 17.7. The minimum Gasteiger partial charge on any atom is -0.494 e. The number of imidazole rings is 1. The van der Waals surface area contributed by atoms with Crippen molar-refractivity contribution < 1.29 is 9.53 Å². The Labute approximate surface area is 199 Å². The van der Waals surface area contributed by atoms with Crippen LogP contribution in [0.4, 0.5) is 4.79 Å². The fraction of sp³-hybridized carbons (Fsp3) is 0.269. The van der Waals surface area contributed by atoms with Crippen LogP contribution in [0.5, 0.6) is 5.75 Å². The smallest absolute Gasteiger partial charge is 0.317 e. The summed E-state index contributed by atoms with van der Waals surface area (Å²) in [6.45, 7) is 5.02. The Morgan fingerprint density at radius 1 is 1.03 bits per heavy atom. The zero-order valence-corrected chi connectivity index (χ0v) is 19.4. The number of carbonyl (C=O) groups excluding carboxylic acids is 1. The summed E-state index contributed by atoms with van der Waals surface area (Å²) in [4.78, 5) is 19.0. The van der Waals surface area contributed by atoms with Crippen LogP contribution in [0.25, 0.3) is 5.69 Å². The number of rotatable bonds is 11. The first-order chi connectivity index (χ1) is 16.7. The molecule has 0 spiro atoms. The van der Waals surface area contributed by atoms with Gasteiger partial charge in [-0.15, -0.1) is 0 Å². The molecule has 2 heterocycles. The molecule has 0 atom stereocenters. The van der Waals surface area contributed by atoms with Crippen molar-refractivity contribution >= 4 is 6.03 Å². The summed E-state index contributed by atoms with van der Waals surface area (Å²) in [5.41, 5.74) is 3.07. The molecule has 34 heavy (non-hydrogen) atoms. The highest BCUT2D eigenvalue weighted by Crippen LogP contribution is 2.15. The van der Waals surface area contributed by atoms with E-state index in [-0.39, 0.29) is 6.03 Å². The van der Waals surface area contributed by atoms with Crippen LogP contribution in [0.2, 0.25) is 0 Å². The summed E-state index contributed by atoms with van der Waals surface area (Å²) in [6.07, 6.45) is 9.98. The first kappa shape index (κ1) is 23.1. The summed E-state index contributed by atoms with van der Waals surface area (Å²) >= 11 is 0. The molecule has 0 aliphatic rings. The number of urea groups is 1. The van der Waals surface area contributed by atoms with E-state index >= 15 is 0 Å². The van der Waals surface area contributed by atoms with E-state index < -0.39 is 0 Å². The Bertz CT molecular complexity index is 1120. The van der Waals surface area contributed by atoms with Gasteiger partial charge in [-0.2, -0.15) is 5.10 Å². The minimum atomic E-state index is -0.0873. The van der Waals surface area contributed by atoms with Crippen molar-refractivity contribution in [3.8, 4) is 11.4 Å². The van der Waals surface area contributed by atoms with Crippen LogP contribution in [0, 0.1) is 0 Å². The molecule has 176 valence electrons. The second-order valence-corrected chi connectivity index (χ2v) is 7.93. The number of carbonyl (C=O) groups is 1. The quantitative estimate of drug-likeness (QED) is 0.364. The van der Waals surface area contributed by atoms with Crippen LogP contribution >= 0.6 is 0 Å². The SMILES string of the molecule is CCOc1ccc(CN(CCCn2ccnc2)C(=O)NCc2ccc(-n3cccn3)cc2)cc1. The standard InChI is InChI=1S/C26H30N6O2/c1-2-34-25-11-7-23(8-12-25)20-31(16-4-15-30-18-14-27-21-30)26(33)28-19-22-5-9-24(10-6-22)32-17-3-13-29-32/h3,5-14,17-18,21H,2,4,15-16,19-20H2,1H3,(H,28,33). The highest BCUT2D eigenvalue weighted by molar-refractivity contribution is 5.74. The molecule has 0 aliphatic carbocycles. The third-order valence-corrected chi connectivity index (χ3v) is 5.45. The lowest BCUT2D eigenvalue weighted by molar-refractivity contribution is 0.193. The number of hydrogen-bond donors (Lipinski definition) is 1. The number of hydrogen-bond acceptors (Lipinski definition) is 4. The summed E-state index contributed by atoms with van der Waals surface area (Å²) in [5.74, 6) is 0.834. The maximum Gasteiger partial charge on any atom is 0.317 e. The minimum absolute atomic E-state index is 0.0873. The summed E-state index contributed by atoms with van der Waals surface area (Å²) < 4.78 is 9.36. The maximum absolute atomic E-state index is 13.1. The molecule has 1 N–H and O–H groups in total. The molecule has 0 radical (unpaired) electrons. The second-order valence-electron chi connectivity index (χ2n) is 7.93. The maximum atomic E-state index is 13.1. The lowest BCUT2D eigenvalue weighted by Gasteiger charge is -2.24. The van der Waals surface area contributed by atoms with Gasteiger partial charge in [0.1, 0.15) is 5.75 Å². The fourth-order valence-electron chi connectivity index (χ4n) is 3.67. The molecule has 4 rings (SSSR count). The van der Waals surface area contributed by atoms with Crippen molar-refractivity contribution in [3.05, 3.63) is 96.8 Å². The largest absolute Gasteiger partial charge is 0.494 e. The molecule has 0 unspecified atom stereocenters. The molecule has 8 heteroatoms. The molecule has 0 aliphatic heterocycles. The average molecular weight is 459 g/mol. The second kappa shape index (κ2) is 11.7. The first-order valence-corrected chi connectivity index (χ1v) is 11.5. The number of aromatic nitrogens is 4. The average Bonchev–Trinajstić information content (AvgIpc) is 3.58. The number of nitrogens with one attached hydrogen (secondary N) is 1. The van der Waals surface area contributed by atoms with Crippen molar-refractivity contribution in [2.45, 2.75) is 33.0 Å². The molecule has 0 fully saturated rings. The molecule has 2 amide bonds. The number of benzene rings is 2. The van der Waals surface area contributed by atoms with Gasteiger partial charge in [-0.1, -0.05) is 24.3 Å². The first-order valence-electron chi connectivity index (χ1n) is 11.5. The van der Waals surface area contributed by atoms with Crippen LogP contribution in [0.1, 0.15) is 24.5 Å². The van der Waals surface area contributed by atoms with Gasteiger partial charge in [0.25, 0.3) is 0 Å².